The average molecular weight is 344 g/mol. The van der Waals surface area contributed by atoms with Crippen molar-refractivity contribution in [3.8, 4) is 0 Å². The maximum Gasteiger partial charge on any atom is 0.323 e. The molecule has 1 N–H and O–H groups in total. The van der Waals surface area contributed by atoms with Crippen molar-refractivity contribution >= 4 is 62.5 Å². The number of aromatic nitrogens is 1. The predicted octanol–water partition coefficient (Wildman–Crippen LogP) is -0.217. The molecule has 1 amide bonds. The highest BCUT2D eigenvalue weighted by Crippen LogP contribution is 2.30. The topological polar surface area (TPSA) is 79.6 Å². The number of rotatable bonds is 3. The van der Waals surface area contributed by atoms with Crippen molar-refractivity contribution in [3.05, 3.63) is 19.5 Å². The van der Waals surface area contributed by atoms with Crippen molar-refractivity contribution in [2.75, 3.05) is 6.54 Å². The first-order valence-corrected chi connectivity index (χ1v) is 8.10. The number of carbonyl (C=O) groups excluding carboxylic acids is 1. The maximum atomic E-state index is 12.3. The van der Waals surface area contributed by atoms with E-state index in [9.17, 15) is 14.4 Å². The molecule has 1 aliphatic heterocycles. The molecule has 2 rings (SSSR count). The summed E-state index contributed by atoms with van der Waals surface area (Å²) in [6.07, 6.45) is 1.70. The van der Waals surface area contributed by atoms with Crippen LogP contribution in [-0.4, -0.2) is 37.3 Å². The zero-order valence-electron chi connectivity index (χ0n) is 11.3. The molecule has 0 saturated carbocycles. The SMILES string of the molecule is CC=c1sc(=C2SC(=S)N(CC(=O)O)C2=O)n(CC)c1=O. The van der Waals surface area contributed by atoms with Crippen LogP contribution in [0.1, 0.15) is 13.8 Å². The molecule has 0 spiro atoms. The van der Waals surface area contributed by atoms with Gasteiger partial charge < -0.3 is 5.11 Å². The van der Waals surface area contributed by atoms with E-state index in [1.165, 1.54) is 15.9 Å². The van der Waals surface area contributed by atoms with Gasteiger partial charge in [-0.05, 0) is 13.8 Å². The second-order valence-corrected chi connectivity index (χ2v) is 6.77. The zero-order chi connectivity index (χ0) is 15.7. The Morgan fingerprint density at radius 3 is 2.62 bits per heavy atom. The number of carboxylic acid groups (broad SMARTS) is 1. The van der Waals surface area contributed by atoms with Crippen LogP contribution in [0.4, 0.5) is 0 Å². The summed E-state index contributed by atoms with van der Waals surface area (Å²) in [5, 5.41) is 8.82. The number of nitrogens with zero attached hydrogens (tertiary/aromatic N) is 2. The number of aliphatic carboxylic acids is 1. The van der Waals surface area contributed by atoms with E-state index in [1.807, 2.05) is 6.92 Å². The lowest BCUT2D eigenvalue weighted by Crippen LogP contribution is -2.35. The molecular formula is C12H12N2O4S3. The first kappa shape index (κ1) is 15.9. The van der Waals surface area contributed by atoms with E-state index in [0.717, 1.165) is 16.7 Å². The van der Waals surface area contributed by atoms with E-state index < -0.39 is 18.4 Å². The smallest absolute Gasteiger partial charge is 0.323 e. The van der Waals surface area contributed by atoms with Gasteiger partial charge in [0.05, 0.1) is 4.53 Å². The van der Waals surface area contributed by atoms with Gasteiger partial charge in [-0.2, -0.15) is 0 Å². The molecule has 1 fully saturated rings. The first-order chi connectivity index (χ1) is 9.90. The monoisotopic (exact) mass is 344 g/mol. The lowest BCUT2D eigenvalue weighted by molar-refractivity contribution is -0.140. The minimum Gasteiger partial charge on any atom is -0.480 e. The van der Waals surface area contributed by atoms with Crippen LogP contribution in [0.3, 0.4) is 0 Å². The predicted molar refractivity (Wildman–Crippen MR) is 86.6 cm³/mol. The van der Waals surface area contributed by atoms with Crippen LogP contribution in [-0.2, 0) is 16.1 Å². The van der Waals surface area contributed by atoms with E-state index >= 15 is 0 Å². The van der Waals surface area contributed by atoms with Gasteiger partial charge in [0.25, 0.3) is 11.5 Å². The van der Waals surface area contributed by atoms with E-state index in [2.05, 4.69) is 0 Å². The fraction of sp³-hybridized carbons (Fsp3) is 0.333. The maximum absolute atomic E-state index is 12.3. The van der Waals surface area contributed by atoms with Crippen LogP contribution < -0.4 is 14.8 Å². The molecule has 0 unspecified atom stereocenters. The zero-order valence-corrected chi connectivity index (χ0v) is 13.7. The van der Waals surface area contributed by atoms with Gasteiger partial charge in [0.15, 0.2) is 0 Å². The van der Waals surface area contributed by atoms with Crippen LogP contribution in [0.25, 0.3) is 11.0 Å². The fourth-order valence-corrected chi connectivity index (χ4v) is 4.37. The van der Waals surface area contributed by atoms with Crippen LogP contribution in [0.15, 0.2) is 4.79 Å². The highest BCUT2D eigenvalue weighted by molar-refractivity contribution is 8.30. The van der Waals surface area contributed by atoms with E-state index in [-0.39, 0.29) is 9.88 Å². The number of hydrogen-bond donors (Lipinski definition) is 1. The number of thiocarbonyl (C=S) groups is 1. The number of carboxylic acids is 1. The molecule has 0 aromatic carbocycles. The summed E-state index contributed by atoms with van der Waals surface area (Å²) < 4.78 is 2.78. The largest absolute Gasteiger partial charge is 0.480 e. The first-order valence-electron chi connectivity index (χ1n) is 6.06. The molecule has 1 aromatic heterocycles. The standard InChI is InChI=1S/C12H12N2O4S3/c1-3-6-9(17)13(4-2)11(20-6)8-10(18)14(5-7(15)16)12(19)21-8/h3H,4-5H2,1-2H3,(H,15,16). The van der Waals surface area contributed by atoms with Crippen LogP contribution >= 0.6 is 35.3 Å². The van der Waals surface area contributed by atoms with Gasteiger partial charge in [-0.15, -0.1) is 11.3 Å². The molecule has 0 radical (unpaired) electrons. The normalized spacial score (nSPS) is 18.8. The summed E-state index contributed by atoms with van der Waals surface area (Å²) >= 11 is 7.31. The van der Waals surface area contributed by atoms with Crippen molar-refractivity contribution in [1.29, 1.82) is 0 Å². The Hall–Kier alpha value is -1.45. The summed E-state index contributed by atoms with van der Waals surface area (Å²) in [7, 11) is 0. The van der Waals surface area contributed by atoms with Crippen LogP contribution in [0, 0.1) is 0 Å². The summed E-state index contributed by atoms with van der Waals surface area (Å²) in [6, 6.07) is 0. The molecule has 0 bridgehead atoms. The summed E-state index contributed by atoms with van der Waals surface area (Å²) in [4.78, 5) is 36.6. The third-order valence-electron chi connectivity index (χ3n) is 2.82. The summed E-state index contributed by atoms with van der Waals surface area (Å²) in [6.45, 7) is 3.53. The van der Waals surface area contributed by atoms with E-state index in [1.54, 1.807) is 13.0 Å². The van der Waals surface area contributed by atoms with Crippen molar-refractivity contribution in [1.82, 2.24) is 9.47 Å². The van der Waals surface area contributed by atoms with Gasteiger partial charge in [-0.25, -0.2) is 0 Å². The molecule has 1 saturated heterocycles. The lowest BCUT2D eigenvalue weighted by Gasteiger charge is -2.10. The molecule has 0 atom stereocenters. The Bertz CT molecular complexity index is 805. The minimum absolute atomic E-state index is 0.150. The highest BCUT2D eigenvalue weighted by Gasteiger charge is 2.35. The molecule has 112 valence electrons. The Balaban J connectivity index is 2.67. The summed E-state index contributed by atoms with van der Waals surface area (Å²) in [5.41, 5.74) is -0.150. The van der Waals surface area contributed by atoms with E-state index in [0.29, 0.717) is 20.6 Å². The van der Waals surface area contributed by atoms with Crippen molar-refractivity contribution in [2.45, 2.75) is 20.4 Å². The van der Waals surface area contributed by atoms with Gasteiger partial charge in [0, 0.05) is 6.54 Å². The highest BCUT2D eigenvalue weighted by atomic mass is 32.2. The Morgan fingerprint density at radius 2 is 2.10 bits per heavy atom. The molecule has 21 heavy (non-hydrogen) atoms. The van der Waals surface area contributed by atoms with Gasteiger partial charge in [0.2, 0.25) is 0 Å². The lowest BCUT2D eigenvalue weighted by atomic mass is 10.4. The molecule has 9 heteroatoms. The van der Waals surface area contributed by atoms with Gasteiger partial charge in [0.1, 0.15) is 20.4 Å². The summed E-state index contributed by atoms with van der Waals surface area (Å²) in [5.74, 6) is -1.59. The van der Waals surface area contributed by atoms with E-state index in [4.69, 9.17) is 17.3 Å². The number of thiazole rings is 1. The number of carbonyl (C=O) groups is 2. The third kappa shape index (κ3) is 2.81. The van der Waals surface area contributed by atoms with Crippen LogP contribution in [0.2, 0.25) is 0 Å². The van der Waals surface area contributed by atoms with Gasteiger partial charge in [-0.3, -0.25) is 23.9 Å². The fourth-order valence-electron chi connectivity index (χ4n) is 1.86. The van der Waals surface area contributed by atoms with Crippen molar-refractivity contribution in [3.63, 3.8) is 0 Å². The van der Waals surface area contributed by atoms with Crippen molar-refractivity contribution in [2.24, 2.45) is 0 Å². The van der Waals surface area contributed by atoms with Crippen LogP contribution in [0.5, 0.6) is 0 Å². The Labute approximate surface area is 133 Å². The van der Waals surface area contributed by atoms with Crippen molar-refractivity contribution < 1.29 is 14.7 Å². The molecule has 0 aliphatic carbocycles. The molecule has 1 aromatic rings. The third-order valence-corrected chi connectivity index (χ3v) is 5.64. The molecule has 2 heterocycles. The Kier molecular flexibility index (Phi) is 4.64. The number of hydrogen-bond acceptors (Lipinski definition) is 6. The second kappa shape index (κ2) is 6.12. The molecule has 6 nitrogen and oxygen atoms in total. The van der Waals surface area contributed by atoms with Gasteiger partial charge >= 0.3 is 5.97 Å². The molecular weight excluding hydrogens is 332 g/mol. The second-order valence-electron chi connectivity index (χ2n) is 4.09. The number of thioether (sulfide) groups is 1. The minimum atomic E-state index is -1.13. The molecule has 1 aliphatic rings. The Morgan fingerprint density at radius 1 is 1.43 bits per heavy atom. The van der Waals surface area contributed by atoms with Gasteiger partial charge in [-0.1, -0.05) is 30.1 Å². The number of amides is 1. The quantitative estimate of drug-likeness (QED) is 0.764. The average Bonchev–Trinajstić information content (AvgIpc) is 2.89.